The standard InChI is InChI=1S/C22H30O5S.K/c1-2-3-4-5-6-7-8-9-13-18-14-10-11-16-20(18)27-21-17-12-15-19(23)22(21)28(24,25)26;/h10-12,14-17,23H,2-9,13H2,1H3,(H,24,25,26);/q;+1/p-1. The number of unbranched alkanes of at least 4 members (excludes halogenated alkanes) is 7. The zero-order chi connectivity index (χ0) is 20.4. The van der Waals surface area contributed by atoms with Gasteiger partial charge in [0, 0.05) is 0 Å². The Morgan fingerprint density at radius 3 is 2.10 bits per heavy atom. The van der Waals surface area contributed by atoms with Crippen molar-refractivity contribution in [2.45, 2.75) is 69.6 Å². The van der Waals surface area contributed by atoms with Crippen LogP contribution in [0.5, 0.6) is 17.2 Å². The van der Waals surface area contributed by atoms with Crippen molar-refractivity contribution in [2.75, 3.05) is 0 Å². The van der Waals surface area contributed by atoms with Crippen molar-refractivity contribution in [3.05, 3.63) is 48.0 Å². The fraction of sp³-hybridized carbons (Fsp3) is 0.455. The van der Waals surface area contributed by atoms with Crippen molar-refractivity contribution in [3.8, 4) is 17.2 Å². The van der Waals surface area contributed by atoms with Crippen LogP contribution in [0.15, 0.2) is 47.4 Å². The third-order valence-corrected chi connectivity index (χ3v) is 5.61. The Labute approximate surface area is 217 Å². The molecule has 0 fully saturated rings. The van der Waals surface area contributed by atoms with Gasteiger partial charge in [-0.3, -0.25) is 4.55 Å². The molecule has 5 nitrogen and oxygen atoms in total. The molecule has 0 atom stereocenters. The molecule has 0 spiro atoms. The van der Waals surface area contributed by atoms with Gasteiger partial charge in [0.25, 0.3) is 10.1 Å². The number of hydrogen-bond acceptors (Lipinski definition) is 4. The molecule has 2 rings (SSSR count). The first-order valence-electron chi connectivity index (χ1n) is 9.96. The van der Waals surface area contributed by atoms with Crippen LogP contribution in [0, 0.1) is 0 Å². The van der Waals surface area contributed by atoms with Crippen molar-refractivity contribution in [2.24, 2.45) is 0 Å². The molecule has 0 saturated heterocycles. The van der Waals surface area contributed by atoms with Gasteiger partial charge < -0.3 is 9.84 Å². The molecule has 0 bridgehead atoms. The summed E-state index contributed by atoms with van der Waals surface area (Å²) >= 11 is 0. The normalized spacial score (nSPS) is 11.1. The summed E-state index contributed by atoms with van der Waals surface area (Å²) in [5.74, 6) is -0.445. The number of hydrogen-bond donors (Lipinski definition) is 1. The predicted octanol–water partition coefficient (Wildman–Crippen LogP) is 2.49. The summed E-state index contributed by atoms with van der Waals surface area (Å²) in [6, 6.07) is 11.2. The first kappa shape index (κ1) is 26.6. The first-order chi connectivity index (χ1) is 13.4. The second kappa shape index (κ2) is 13.8. The Balaban J connectivity index is 0.00000420. The molecular weight excluding hydrogens is 415 g/mol. The third kappa shape index (κ3) is 9.08. The number of aryl methyl sites for hydroxylation is 1. The smallest absolute Gasteiger partial charge is 0.871 e. The fourth-order valence-electron chi connectivity index (χ4n) is 3.21. The maximum absolute atomic E-state index is 11.9. The second-order valence-corrected chi connectivity index (χ2v) is 8.35. The van der Waals surface area contributed by atoms with Gasteiger partial charge in [-0.05, 0) is 30.5 Å². The van der Waals surface area contributed by atoms with Gasteiger partial charge in [0.05, 0.1) is 0 Å². The molecular formula is C22H29KO5S. The van der Waals surface area contributed by atoms with Gasteiger partial charge in [0.2, 0.25) is 0 Å². The Morgan fingerprint density at radius 1 is 0.862 bits per heavy atom. The summed E-state index contributed by atoms with van der Waals surface area (Å²) in [6.07, 6.45) is 10.6. The van der Waals surface area contributed by atoms with E-state index in [9.17, 15) is 18.1 Å². The molecule has 7 heteroatoms. The molecule has 154 valence electrons. The molecule has 0 aliphatic carbocycles. The van der Waals surface area contributed by atoms with Crippen LogP contribution in [0.25, 0.3) is 0 Å². The number of benzene rings is 2. The van der Waals surface area contributed by atoms with Crippen LogP contribution in [-0.2, 0) is 16.5 Å². The third-order valence-electron chi connectivity index (χ3n) is 4.69. The van der Waals surface area contributed by atoms with Gasteiger partial charge in [-0.1, -0.05) is 88.0 Å². The molecule has 29 heavy (non-hydrogen) atoms. The van der Waals surface area contributed by atoms with E-state index in [1.54, 1.807) is 12.1 Å². The average Bonchev–Trinajstić information content (AvgIpc) is 2.64. The SMILES string of the molecule is CCCCCCCCCCc1ccccc1Oc1cccc([O-])c1S(=O)(=O)O.[K+]. The number of ether oxygens (including phenoxy) is 1. The summed E-state index contributed by atoms with van der Waals surface area (Å²) in [7, 11) is -4.67. The van der Waals surface area contributed by atoms with Crippen LogP contribution in [-0.4, -0.2) is 13.0 Å². The Bertz CT molecular complexity index is 852. The molecule has 0 aromatic heterocycles. The van der Waals surface area contributed by atoms with Gasteiger partial charge in [-0.25, -0.2) is 0 Å². The van der Waals surface area contributed by atoms with E-state index in [-0.39, 0.29) is 57.1 Å². The number of para-hydroxylation sites is 1. The van der Waals surface area contributed by atoms with Crippen LogP contribution in [0.3, 0.4) is 0 Å². The molecule has 0 saturated carbocycles. The number of rotatable bonds is 12. The van der Waals surface area contributed by atoms with Gasteiger partial charge in [0.15, 0.2) is 0 Å². The van der Waals surface area contributed by atoms with Crippen molar-refractivity contribution in [3.63, 3.8) is 0 Å². The zero-order valence-corrected chi connectivity index (χ0v) is 21.3. The summed E-state index contributed by atoms with van der Waals surface area (Å²) in [6.45, 7) is 2.21. The van der Waals surface area contributed by atoms with Gasteiger partial charge in [0.1, 0.15) is 16.4 Å². The van der Waals surface area contributed by atoms with Crippen LogP contribution >= 0.6 is 0 Å². The average molecular weight is 445 g/mol. The predicted molar refractivity (Wildman–Crippen MR) is 109 cm³/mol. The zero-order valence-electron chi connectivity index (χ0n) is 17.4. The van der Waals surface area contributed by atoms with E-state index in [0.717, 1.165) is 30.9 Å². The summed E-state index contributed by atoms with van der Waals surface area (Å²) in [5.41, 5.74) is 0.950. The topological polar surface area (TPSA) is 86.7 Å². The monoisotopic (exact) mass is 444 g/mol. The molecule has 0 amide bonds. The molecule has 0 aliphatic heterocycles. The Kier molecular flexibility index (Phi) is 12.7. The maximum Gasteiger partial charge on any atom is 1.00 e. The fourth-order valence-corrected chi connectivity index (χ4v) is 3.89. The van der Waals surface area contributed by atoms with Gasteiger partial charge in [-0.2, -0.15) is 8.42 Å². The molecule has 0 unspecified atom stereocenters. The first-order valence-corrected chi connectivity index (χ1v) is 11.4. The molecule has 1 N–H and O–H groups in total. The minimum Gasteiger partial charge on any atom is -0.871 e. The minimum absolute atomic E-state index is 0. The molecule has 0 radical (unpaired) electrons. The molecule has 0 heterocycles. The quantitative estimate of drug-likeness (QED) is 0.309. The van der Waals surface area contributed by atoms with Crippen molar-refractivity contribution in [1.29, 1.82) is 0 Å². The van der Waals surface area contributed by atoms with Crippen LogP contribution in [0.2, 0.25) is 0 Å². The van der Waals surface area contributed by atoms with Gasteiger partial charge in [-0.15, -0.1) is 0 Å². The largest absolute Gasteiger partial charge is 1.00 e. The summed E-state index contributed by atoms with van der Waals surface area (Å²) in [5, 5.41) is 11.9. The summed E-state index contributed by atoms with van der Waals surface area (Å²) < 4.78 is 38.2. The van der Waals surface area contributed by atoms with E-state index < -0.39 is 20.8 Å². The van der Waals surface area contributed by atoms with Crippen molar-refractivity contribution >= 4 is 10.1 Å². The van der Waals surface area contributed by atoms with E-state index in [2.05, 4.69) is 6.92 Å². The van der Waals surface area contributed by atoms with E-state index in [0.29, 0.717) is 5.75 Å². The second-order valence-electron chi connectivity index (χ2n) is 6.99. The minimum atomic E-state index is -4.67. The molecule has 2 aromatic carbocycles. The van der Waals surface area contributed by atoms with E-state index >= 15 is 0 Å². The van der Waals surface area contributed by atoms with Crippen LogP contribution in [0.1, 0.15) is 63.9 Å². The van der Waals surface area contributed by atoms with E-state index in [1.807, 2.05) is 12.1 Å². The van der Waals surface area contributed by atoms with Crippen LogP contribution in [0.4, 0.5) is 0 Å². The Morgan fingerprint density at radius 2 is 1.45 bits per heavy atom. The Hall–Kier alpha value is -0.414. The summed E-state index contributed by atoms with van der Waals surface area (Å²) in [4.78, 5) is -0.725. The molecule has 0 aliphatic rings. The van der Waals surface area contributed by atoms with E-state index in [4.69, 9.17) is 4.74 Å². The maximum atomic E-state index is 11.9. The van der Waals surface area contributed by atoms with E-state index in [1.165, 1.54) is 50.7 Å². The van der Waals surface area contributed by atoms with Crippen molar-refractivity contribution in [1.82, 2.24) is 0 Å². The molecule has 2 aromatic rings. The van der Waals surface area contributed by atoms with Crippen LogP contribution < -0.4 is 61.2 Å². The van der Waals surface area contributed by atoms with Gasteiger partial charge >= 0.3 is 51.4 Å². The van der Waals surface area contributed by atoms with Crippen molar-refractivity contribution < 1.29 is 74.2 Å².